The number of carbonyl (C=O) groups is 2. The number of hydrogen-bond acceptors (Lipinski definition) is 4. The summed E-state index contributed by atoms with van der Waals surface area (Å²) in [5.41, 5.74) is 0. The Hall–Kier alpha value is -1.14. The summed E-state index contributed by atoms with van der Waals surface area (Å²) >= 11 is 0. The number of likely N-dealkylation sites (tertiary alicyclic amines) is 1. The first-order valence-corrected chi connectivity index (χ1v) is 5.79. The molecule has 0 radical (unpaired) electrons. The van der Waals surface area contributed by atoms with E-state index in [1.165, 1.54) is 0 Å². The standard InChI is InChI=1S/C11H20N2O4/c1-8(10(14)12-4-3-5-17-2)13-6-9(7-13)11(15)16/h8-9H,3-7H2,1-2H3,(H,12,14)(H,15,16). The second-order valence-electron chi connectivity index (χ2n) is 4.30. The zero-order valence-electron chi connectivity index (χ0n) is 10.3. The van der Waals surface area contributed by atoms with Gasteiger partial charge < -0.3 is 15.2 Å². The number of carbonyl (C=O) groups excluding carboxylic acids is 1. The van der Waals surface area contributed by atoms with Crippen molar-refractivity contribution in [2.24, 2.45) is 5.92 Å². The van der Waals surface area contributed by atoms with Gasteiger partial charge in [0.25, 0.3) is 0 Å². The van der Waals surface area contributed by atoms with Gasteiger partial charge in [0, 0.05) is 33.4 Å². The molecule has 98 valence electrons. The Labute approximate surface area is 101 Å². The van der Waals surface area contributed by atoms with Gasteiger partial charge in [-0.3, -0.25) is 14.5 Å². The smallest absolute Gasteiger partial charge is 0.309 e. The molecule has 17 heavy (non-hydrogen) atoms. The first kappa shape index (κ1) is 13.9. The highest BCUT2D eigenvalue weighted by molar-refractivity contribution is 5.82. The van der Waals surface area contributed by atoms with E-state index in [1.54, 1.807) is 14.0 Å². The van der Waals surface area contributed by atoms with Crippen molar-refractivity contribution in [1.29, 1.82) is 0 Å². The molecule has 0 aromatic heterocycles. The van der Waals surface area contributed by atoms with Gasteiger partial charge in [-0.25, -0.2) is 0 Å². The highest BCUT2D eigenvalue weighted by Gasteiger charge is 2.37. The highest BCUT2D eigenvalue weighted by Crippen LogP contribution is 2.18. The van der Waals surface area contributed by atoms with Crippen LogP contribution in [-0.2, 0) is 14.3 Å². The third kappa shape index (κ3) is 3.98. The fourth-order valence-electron chi connectivity index (χ4n) is 1.73. The molecule has 0 aromatic carbocycles. The van der Waals surface area contributed by atoms with Gasteiger partial charge in [0.05, 0.1) is 12.0 Å². The fourth-order valence-corrected chi connectivity index (χ4v) is 1.73. The zero-order chi connectivity index (χ0) is 12.8. The van der Waals surface area contributed by atoms with Gasteiger partial charge in [-0.1, -0.05) is 0 Å². The predicted molar refractivity (Wildman–Crippen MR) is 61.7 cm³/mol. The van der Waals surface area contributed by atoms with E-state index in [-0.39, 0.29) is 17.9 Å². The summed E-state index contributed by atoms with van der Waals surface area (Å²) < 4.78 is 4.88. The molecule has 0 spiro atoms. The molecule has 0 saturated carbocycles. The summed E-state index contributed by atoms with van der Waals surface area (Å²) in [7, 11) is 1.62. The van der Waals surface area contributed by atoms with Crippen LogP contribution in [0.4, 0.5) is 0 Å². The van der Waals surface area contributed by atoms with E-state index in [9.17, 15) is 9.59 Å². The maximum Gasteiger partial charge on any atom is 0.309 e. The molecule has 1 rings (SSSR count). The number of nitrogens with one attached hydrogen (secondary N) is 1. The van der Waals surface area contributed by atoms with Crippen molar-refractivity contribution in [3.8, 4) is 0 Å². The Bertz CT molecular complexity index is 277. The molecule has 1 saturated heterocycles. The number of carboxylic acids is 1. The van der Waals surface area contributed by atoms with Gasteiger partial charge in [-0.15, -0.1) is 0 Å². The van der Waals surface area contributed by atoms with E-state index in [1.807, 2.05) is 4.90 Å². The van der Waals surface area contributed by atoms with Crippen LogP contribution in [0, 0.1) is 5.92 Å². The van der Waals surface area contributed by atoms with Crippen LogP contribution in [0.5, 0.6) is 0 Å². The maximum absolute atomic E-state index is 11.7. The summed E-state index contributed by atoms with van der Waals surface area (Å²) in [6.45, 7) is 3.93. The highest BCUT2D eigenvalue weighted by atomic mass is 16.5. The summed E-state index contributed by atoms with van der Waals surface area (Å²) in [6.07, 6.45) is 0.784. The van der Waals surface area contributed by atoms with E-state index in [0.717, 1.165) is 6.42 Å². The number of aliphatic carboxylic acids is 1. The lowest BCUT2D eigenvalue weighted by Gasteiger charge is -2.40. The SMILES string of the molecule is COCCCNC(=O)C(C)N1CC(C(=O)O)C1. The topological polar surface area (TPSA) is 78.9 Å². The van der Waals surface area contributed by atoms with E-state index >= 15 is 0 Å². The number of carboxylic acid groups (broad SMARTS) is 1. The molecular formula is C11H20N2O4. The number of ether oxygens (including phenoxy) is 1. The molecule has 1 heterocycles. The lowest BCUT2D eigenvalue weighted by atomic mass is 9.98. The molecule has 1 atom stereocenters. The Balaban J connectivity index is 2.17. The van der Waals surface area contributed by atoms with Crippen LogP contribution >= 0.6 is 0 Å². The molecule has 0 bridgehead atoms. The van der Waals surface area contributed by atoms with Crippen molar-refractivity contribution < 1.29 is 19.4 Å². The number of methoxy groups -OCH3 is 1. The molecule has 1 aliphatic heterocycles. The lowest BCUT2D eigenvalue weighted by molar-refractivity contribution is -0.150. The quantitative estimate of drug-likeness (QED) is 0.593. The third-order valence-corrected chi connectivity index (χ3v) is 3.01. The Morgan fingerprint density at radius 1 is 1.53 bits per heavy atom. The van der Waals surface area contributed by atoms with Gasteiger partial charge in [0.1, 0.15) is 0 Å². The average Bonchev–Trinajstić information content (AvgIpc) is 2.21. The van der Waals surface area contributed by atoms with Crippen LogP contribution in [0.1, 0.15) is 13.3 Å². The van der Waals surface area contributed by atoms with Crippen LogP contribution in [0.3, 0.4) is 0 Å². The first-order valence-electron chi connectivity index (χ1n) is 5.79. The largest absolute Gasteiger partial charge is 0.481 e. The van der Waals surface area contributed by atoms with Crippen LogP contribution < -0.4 is 5.32 Å². The molecule has 1 unspecified atom stereocenters. The number of hydrogen-bond donors (Lipinski definition) is 2. The number of amides is 1. The van der Waals surface area contributed by atoms with E-state index < -0.39 is 5.97 Å². The third-order valence-electron chi connectivity index (χ3n) is 3.01. The molecule has 0 aliphatic carbocycles. The van der Waals surface area contributed by atoms with Gasteiger partial charge >= 0.3 is 5.97 Å². The summed E-state index contributed by atoms with van der Waals surface area (Å²) in [6, 6.07) is -0.256. The van der Waals surface area contributed by atoms with Crippen molar-refractivity contribution in [2.75, 3.05) is 33.4 Å². The first-order chi connectivity index (χ1) is 8.06. The van der Waals surface area contributed by atoms with Crippen LogP contribution in [0.25, 0.3) is 0 Å². The molecular weight excluding hydrogens is 224 g/mol. The minimum Gasteiger partial charge on any atom is -0.481 e. The molecule has 1 amide bonds. The van der Waals surface area contributed by atoms with Crippen LogP contribution in [-0.4, -0.2) is 61.3 Å². The number of nitrogens with zero attached hydrogens (tertiary/aromatic N) is 1. The Kier molecular flexibility index (Phi) is 5.37. The lowest BCUT2D eigenvalue weighted by Crippen LogP contribution is -2.58. The monoisotopic (exact) mass is 244 g/mol. The van der Waals surface area contributed by atoms with E-state index in [0.29, 0.717) is 26.2 Å². The van der Waals surface area contributed by atoms with Gasteiger partial charge in [0.2, 0.25) is 5.91 Å². The van der Waals surface area contributed by atoms with Crippen LogP contribution in [0.2, 0.25) is 0 Å². The minimum absolute atomic E-state index is 0.0510. The van der Waals surface area contributed by atoms with Crippen molar-refractivity contribution in [3.63, 3.8) is 0 Å². The fraction of sp³-hybridized carbons (Fsp3) is 0.818. The summed E-state index contributed by atoms with van der Waals surface area (Å²) in [5, 5.41) is 11.5. The van der Waals surface area contributed by atoms with Crippen molar-refractivity contribution in [2.45, 2.75) is 19.4 Å². The molecule has 6 heteroatoms. The van der Waals surface area contributed by atoms with Crippen molar-refractivity contribution in [3.05, 3.63) is 0 Å². The normalized spacial score (nSPS) is 18.5. The van der Waals surface area contributed by atoms with E-state index in [4.69, 9.17) is 9.84 Å². The van der Waals surface area contributed by atoms with Crippen molar-refractivity contribution in [1.82, 2.24) is 10.2 Å². The average molecular weight is 244 g/mol. The summed E-state index contributed by atoms with van der Waals surface area (Å²) in [5.74, 6) is -1.15. The van der Waals surface area contributed by atoms with Crippen LogP contribution in [0.15, 0.2) is 0 Å². The van der Waals surface area contributed by atoms with E-state index in [2.05, 4.69) is 5.32 Å². The molecule has 2 N–H and O–H groups in total. The molecule has 0 aromatic rings. The molecule has 1 fully saturated rings. The predicted octanol–water partition coefficient (Wildman–Crippen LogP) is -0.456. The Morgan fingerprint density at radius 3 is 2.71 bits per heavy atom. The molecule has 1 aliphatic rings. The number of rotatable bonds is 7. The Morgan fingerprint density at radius 2 is 2.18 bits per heavy atom. The second-order valence-corrected chi connectivity index (χ2v) is 4.30. The zero-order valence-corrected chi connectivity index (χ0v) is 10.3. The van der Waals surface area contributed by atoms with Gasteiger partial charge in [-0.05, 0) is 13.3 Å². The summed E-state index contributed by atoms with van der Waals surface area (Å²) in [4.78, 5) is 24.2. The second kappa shape index (κ2) is 6.56. The van der Waals surface area contributed by atoms with Gasteiger partial charge in [0.15, 0.2) is 0 Å². The molecule has 6 nitrogen and oxygen atoms in total. The van der Waals surface area contributed by atoms with Crippen molar-refractivity contribution >= 4 is 11.9 Å². The maximum atomic E-state index is 11.7. The minimum atomic E-state index is -0.783. The van der Waals surface area contributed by atoms with Gasteiger partial charge in [-0.2, -0.15) is 0 Å².